The van der Waals surface area contributed by atoms with Crippen LogP contribution in [0.25, 0.3) is 20.7 Å². The number of benzene rings is 2. The maximum atomic E-state index is 12.9. The van der Waals surface area contributed by atoms with E-state index in [1.165, 1.54) is 11.3 Å². The molecule has 0 amide bonds. The average molecular weight is 373 g/mol. The Morgan fingerprint density at radius 2 is 2.00 bits per heavy atom. The Labute approximate surface area is 159 Å². The van der Waals surface area contributed by atoms with Gasteiger partial charge in [-0.3, -0.25) is 9.36 Å². The van der Waals surface area contributed by atoms with Crippen LogP contribution in [0.4, 0.5) is 0 Å². The van der Waals surface area contributed by atoms with Crippen LogP contribution in [0, 0.1) is 11.3 Å². The molecule has 0 unspecified atom stereocenters. The van der Waals surface area contributed by atoms with Gasteiger partial charge in [-0.1, -0.05) is 12.1 Å². The van der Waals surface area contributed by atoms with E-state index in [1.54, 1.807) is 30.1 Å². The van der Waals surface area contributed by atoms with Crippen molar-refractivity contribution in [1.29, 1.82) is 5.26 Å². The van der Waals surface area contributed by atoms with Crippen molar-refractivity contribution in [2.45, 2.75) is 6.54 Å². The van der Waals surface area contributed by atoms with Gasteiger partial charge in [-0.2, -0.15) is 5.26 Å². The molecule has 2 heterocycles. The lowest BCUT2D eigenvalue weighted by molar-refractivity contribution is 0.415. The summed E-state index contributed by atoms with van der Waals surface area (Å²) in [6.45, 7) is 0.382. The molecule has 4 aromatic rings. The van der Waals surface area contributed by atoms with Crippen molar-refractivity contribution in [3.05, 3.63) is 82.4 Å². The first-order chi connectivity index (χ1) is 13.2. The SMILES string of the molecule is COc1ccc(-c2cc3ncn(Cc4cccc(C#N)c4)c(=O)c3s2)cc1. The van der Waals surface area contributed by atoms with Crippen LogP contribution >= 0.6 is 11.3 Å². The van der Waals surface area contributed by atoms with Gasteiger partial charge < -0.3 is 4.74 Å². The van der Waals surface area contributed by atoms with Gasteiger partial charge in [-0.05, 0) is 53.6 Å². The highest BCUT2D eigenvalue weighted by atomic mass is 32.1. The molecule has 0 N–H and O–H groups in total. The summed E-state index contributed by atoms with van der Waals surface area (Å²) in [5.41, 5.74) is 3.10. The summed E-state index contributed by atoms with van der Waals surface area (Å²) < 4.78 is 7.39. The number of hydrogen-bond donors (Lipinski definition) is 0. The molecule has 0 aliphatic carbocycles. The first kappa shape index (κ1) is 17.0. The Morgan fingerprint density at radius 1 is 1.19 bits per heavy atom. The van der Waals surface area contributed by atoms with Gasteiger partial charge >= 0.3 is 0 Å². The van der Waals surface area contributed by atoms with Crippen LogP contribution in [0.3, 0.4) is 0 Å². The Morgan fingerprint density at radius 3 is 2.74 bits per heavy atom. The molecule has 27 heavy (non-hydrogen) atoms. The van der Waals surface area contributed by atoms with Crippen molar-refractivity contribution < 1.29 is 4.74 Å². The second-order valence-electron chi connectivity index (χ2n) is 6.04. The molecule has 0 bridgehead atoms. The molecule has 0 spiro atoms. The minimum Gasteiger partial charge on any atom is -0.497 e. The van der Waals surface area contributed by atoms with E-state index in [2.05, 4.69) is 11.1 Å². The topological polar surface area (TPSA) is 67.9 Å². The Hall–Kier alpha value is -3.43. The highest BCUT2D eigenvalue weighted by Crippen LogP contribution is 2.31. The van der Waals surface area contributed by atoms with Crippen LogP contribution in [-0.2, 0) is 6.54 Å². The maximum absolute atomic E-state index is 12.9. The molecule has 132 valence electrons. The van der Waals surface area contributed by atoms with E-state index in [0.29, 0.717) is 22.3 Å². The summed E-state index contributed by atoms with van der Waals surface area (Å²) in [4.78, 5) is 18.3. The molecular weight excluding hydrogens is 358 g/mol. The van der Waals surface area contributed by atoms with E-state index in [-0.39, 0.29) is 5.56 Å². The number of aromatic nitrogens is 2. The molecule has 5 nitrogen and oxygen atoms in total. The lowest BCUT2D eigenvalue weighted by atomic mass is 10.1. The summed E-state index contributed by atoms with van der Waals surface area (Å²) in [7, 11) is 1.63. The summed E-state index contributed by atoms with van der Waals surface area (Å²) in [5, 5.41) is 9.03. The Kier molecular flexibility index (Phi) is 4.45. The second kappa shape index (κ2) is 7.06. The van der Waals surface area contributed by atoms with Gasteiger partial charge in [0.1, 0.15) is 10.4 Å². The summed E-state index contributed by atoms with van der Waals surface area (Å²) in [6, 6.07) is 19.0. The third-order valence-electron chi connectivity index (χ3n) is 4.29. The van der Waals surface area contributed by atoms with Crippen molar-refractivity contribution in [1.82, 2.24) is 9.55 Å². The molecule has 0 saturated heterocycles. The van der Waals surface area contributed by atoms with Crippen LogP contribution in [-0.4, -0.2) is 16.7 Å². The summed E-state index contributed by atoms with van der Waals surface area (Å²) in [5.74, 6) is 0.792. The number of ether oxygens (including phenoxy) is 1. The van der Waals surface area contributed by atoms with E-state index in [9.17, 15) is 4.79 Å². The molecule has 0 saturated carbocycles. The van der Waals surface area contributed by atoms with E-state index < -0.39 is 0 Å². The van der Waals surface area contributed by atoms with Gasteiger partial charge in [0.05, 0.1) is 37.1 Å². The third-order valence-corrected chi connectivity index (χ3v) is 5.45. The van der Waals surface area contributed by atoms with Gasteiger partial charge in [0.15, 0.2) is 0 Å². The van der Waals surface area contributed by atoms with Gasteiger partial charge in [0, 0.05) is 4.88 Å². The Bertz CT molecular complexity index is 1220. The fourth-order valence-corrected chi connectivity index (χ4v) is 3.96. The monoisotopic (exact) mass is 373 g/mol. The fourth-order valence-electron chi connectivity index (χ4n) is 2.89. The normalized spacial score (nSPS) is 10.7. The zero-order valence-corrected chi connectivity index (χ0v) is 15.4. The molecule has 0 radical (unpaired) electrons. The lowest BCUT2D eigenvalue weighted by Crippen LogP contribution is -2.20. The van der Waals surface area contributed by atoms with Gasteiger partial charge in [-0.25, -0.2) is 4.98 Å². The van der Waals surface area contributed by atoms with Crippen molar-refractivity contribution in [3.8, 4) is 22.3 Å². The molecule has 6 heteroatoms. The maximum Gasteiger partial charge on any atom is 0.271 e. The standard InChI is InChI=1S/C21H15N3O2S/c1-26-17-7-5-16(6-8-17)19-10-18-20(27-19)21(25)24(13-23-18)12-15-4-2-3-14(9-15)11-22/h2-10,13H,12H2,1H3. The largest absolute Gasteiger partial charge is 0.497 e. The van der Waals surface area contributed by atoms with Gasteiger partial charge in [-0.15, -0.1) is 11.3 Å². The molecule has 0 fully saturated rings. The molecule has 2 aromatic carbocycles. The lowest BCUT2D eigenvalue weighted by Gasteiger charge is -2.05. The van der Waals surface area contributed by atoms with Gasteiger partial charge in [0.25, 0.3) is 5.56 Å². The van der Waals surface area contributed by atoms with Gasteiger partial charge in [0.2, 0.25) is 0 Å². The van der Waals surface area contributed by atoms with Crippen LogP contribution in [0.1, 0.15) is 11.1 Å². The summed E-state index contributed by atoms with van der Waals surface area (Å²) >= 11 is 1.43. The molecular formula is C21H15N3O2S. The molecule has 4 rings (SSSR count). The van der Waals surface area contributed by atoms with Crippen molar-refractivity contribution in [3.63, 3.8) is 0 Å². The number of fused-ring (bicyclic) bond motifs is 1. The number of rotatable bonds is 4. The number of nitriles is 1. The predicted molar refractivity (Wildman–Crippen MR) is 106 cm³/mol. The predicted octanol–water partition coefficient (Wildman–Crippen LogP) is 4.05. The number of hydrogen-bond acceptors (Lipinski definition) is 5. The van der Waals surface area contributed by atoms with Crippen LogP contribution < -0.4 is 10.3 Å². The first-order valence-corrected chi connectivity index (χ1v) is 9.12. The minimum atomic E-state index is -0.0767. The molecule has 0 aliphatic rings. The Balaban J connectivity index is 1.71. The van der Waals surface area contributed by atoms with Crippen LogP contribution in [0.5, 0.6) is 5.75 Å². The van der Waals surface area contributed by atoms with Crippen molar-refractivity contribution in [2.24, 2.45) is 0 Å². The summed E-state index contributed by atoms with van der Waals surface area (Å²) in [6.07, 6.45) is 1.56. The second-order valence-corrected chi connectivity index (χ2v) is 7.10. The molecule has 0 atom stereocenters. The molecule has 2 aromatic heterocycles. The average Bonchev–Trinajstić information content (AvgIpc) is 3.15. The number of thiophene rings is 1. The number of nitrogens with zero attached hydrogens (tertiary/aromatic N) is 3. The van der Waals surface area contributed by atoms with E-state index in [4.69, 9.17) is 10.00 Å². The highest BCUT2D eigenvalue weighted by Gasteiger charge is 2.11. The first-order valence-electron chi connectivity index (χ1n) is 8.30. The van der Waals surface area contributed by atoms with Crippen LogP contribution in [0.2, 0.25) is 0 Å². The number of methoxy groups -OCH3 is 1. The van der Waals surface area contributed by atoms with Crippen LogP contribution in [0.15, 0.2) is 65.7 Å². The highest BCUT2D eigenvalue weighted by molar-refractivity contribution is 7.22. The fraction of sp³-hybridized carbons (Fsp3) is 0.0952. The van der Waals surface area contributed by atoms with E-state index in [1.807, 2.05) is 42.5 Å². The minimum absolute atomic E-state index is 0.0767. The van der Waals surface area contributed by atoms with Crippen molar-refractivity contribution in [2.75, 3.05) is 7.11 Å². The van der Waals surface area contributed by atoms with Crippen molar-refractivity contribution >= 4 is 21.6 Å². The van der Waals surface area contributed by atoms with E-state index >= 15 is 0 Å². The quantitative estimate of drug-likeness (QED) is 0.541. The third kappa shape index (κ3) is 3.33. The smallest absolute Gasteiger partial charge is 0.271 e. The zero-order valence-electron chi connectivity index (χ0n) is 14.5. The molecule has 0 aliphatic heterocycles. The zero-order chi connectivity index (χ0) is 18.8. The van der Waals surface area contributed by atoms with E-state index in [0.717, 1.165) is 21.8 Å².